The first-order chi connectivity index (χ1) is 17.7. The van der Waals surface area contributed by atoms with E-state index in [-0.39, 0.29) is 18.0 Å². The zero-order valence-corrected chi connectivity index (χ0v) is 19.8. The van der Waals surface area contributed by atoms with E-state index in [0.717, 1.165) is 23.4 Å². The molecule has 5 rings (SSSR count). The lowest BCUT2D eigenvalue weighted by molar-refractivity contribution is -0.137. The van der Waals surface area contributed by atoms with Crippen molar-refractivity contribution in [2.45, 2.75) is 25.1 Å². The van der Waals surface area contributed by atoms with E-state index in [1.807, 2.05) is 48.5 Å². The lowest BCUT2D eigenvalue weighted by Crippen LogP contribution is -2.33. The highest BCUT2D eigenvalue weighted by atomic mass is 19.4. The number of para-hydroxylation sites is 2. The lowest BCUT2D eigenvalue weighted by Gasteiger charge is -2.16. The number of carbonyl (C=O) groups is 2. The number of fused-ring (bicyclic) bond motifs is 3. The third-order valence-corrected chi connectivity index (χ3v) is 6.32. The number of amides is 2. The van der Waals surface area contributed by atoms with Crippen molar-refractivity contribution in [1.82, 2.24) is 9.55 Å². The summed E-state index contributed by atoms with van der Waals surface area (Å²) >= 11 is 0. The highest BCUT2D eigenvalue weighted by Crippen LogP contribution is 2.37. The van der Waals surface area contributed by atoms with Crippen molar-refractivity contribution in [3.05, 3.63) is 83.9 Å². The van der Waals surface area contributed by atoms with Crippen LogP contribution >= 0.6 is 0 Å². The van der Waals surface area contributed by atoms with Crippen LogP contribution in [0.1, 0.15) is 23.6 Å². The highest BCUT2D eigenvalue weighted by Gasteiger charge is 2.40. The molecule has 3 aromatic carbocycles. The molecule has 0 spiro atoms. The molecule has 1 aliphatic heterocycles. The molecule has 1 atom stereocenters. The fourth-order valence-corrected chi connectivity index (χ4v) is 4.50. The molecule has 1 unspecified atom stereocenters. The standard InChI is InChI=1S/C27H23F3N4O3/c1-37-20-11-9-17(10-12-20)13-14-33-25(36)23(34-22-8-3-2-7-21(22)32-26(33)34)16-24(35)31-19-6-4-5-18(15-19)27(28,29)30/h2-12,15,23H,13-14,16H2,1H3,(H,31,35). The zero-order chi connectivity index (χ0) is 26.2. The maximum absolute atomic E-state index is 13.5. The van der Waals surface area contributed by atoms with Gasteiger partial charge in [0.15, 0.2) is 0 Å². The predicted molar refractivity (Wildman–Crippen MR) is 133 cm³/mol. The van der Waals surface area contributed by atoms with Gasteiger partial charge in [-0.3, -0.25) is 19.1 Å². The molecule has 2 amide bonds. The van der Waals surface area contributed by atoms with Gasteiger partial charge in [0, 0.05) is 12.2 Å². The number of ether oxygens (including phenoxy) is 1. The highest BCUT2D eigenvalue weighted by molar-refractivity contribution is 6.05. The number of halogens is 3. The summed E-state index contributed by atoms with van der Waals surface area (Å²) in [6.45, 7) is 0.347. The summed E-state index contributed by atoms with van der Waals surface area (Å²) in [7, 11) is 1.59. The molecule has 0 saturated carbocycles. The van der Waals surface area contributed by atoms with Crippen molar-refractivity contribution in [1.29, 1.82) is 0 Å². The van der Waals surface area contributed by atoms with E-state index in [1.54, 1.807) is 16.6 Å². The largest absolute Gasteiger partial charge is 0.497 e. The molecule has 0 saturated heterocycles. The molecule has 1 N–H and O–H groups in total. The van der Waals surface area contributed by atoms with E-state index in [0.29, 0.717) is 29.9 Å². The van der Waals surface area contributed by atoms with Crippen LogP contribution in [-0.4, -0.2) is 35.0 Å². The van der Waals surface area contributed by atoms with Crippen LogP contribution in [0.2, 0.25) is 0 Å². The summed E-state index contributed by atoms with van der Waals surface area (Å²) in [5.41, 5.74) is 1.53. The molecule has 0 aliphatic carbocycles. The normalized spacial score (nSPS) is 15.2. The summed E-state index contributed by atoms with van der Waals surface area (Å²) in [6.07, 6.45) is -4.22. The number of nitrogens with zero attached hydrogens (tertiary/aromatic N) is 3. The molecule has 1 aliphatic rings. The Morgan fingerprint density at radius 3 is 2.54 bits per heavy atom. The minimum absolute atomic E-state index is 0.0114. The predicted octanol–water partition coefficient (Wildman–Crippen LogP) is 5.22. The number of carbonyl (C=O) groups excluding carboxylic acids is 2. The molecule has 190 valence electrons. The Morgan fingerprint density at radius 1 is 1.05 bits per heavy atom. The van der Waals surface area contributed by atoms with E-state index in [4.69, 9.17) is 4.74 Å². The Labute approximate surface area is 210 Å². The zero-order valence-electron chi connectivity index (χ0n) is 19.8. The van der Waals surface area contributed by atoms with Crippen LogP contribution in [0.15, 0.2) is 72.8 Å². The average molecular weight is 509 g/mol. The number of rotatable bonds is 7. The van der Waals surface area contributed by atoms with Crippen molar-refractivity contribution in [2.75, 3.05) is 23.9 Å². The maximum Gasteiger partial charge on any atom is 0.416 e. The molecule has 1 aromatic heterocycles. The quantitative estimate of drug-likeness (QED) is 0.371. The molecule has 10 heteroatoms. The Hall–Kier alpha value is -4.34. The molecule has 2 heterocycles. The minimum atomic E-state index is -4.53. The van der Waals surface area contributed by atoms with Gasteiger partial charge in [-0.15, -0.1) is 0 Å². The summed E-state index contributed by atoms with van der Waals surface area (Å²) < 4.78 is 46.1. The number of aromatic nitrogens is 2. The Balaban J connectivity index is 1.38. The van der Waals surface area contributed by atoms with Gasteiger partial charge in [-0.1, -0.05) is 30.3 Å². The average Bonchev–Trinajstić information content (AvgIpc) is 3.37. The molecular weight excluding hydrogens is 485 g/mol. The number of methoxy groups -OCH3 is 1. The fraction of sp³-hybridized carbons (Fsp3) is 0.222. The summed E-state index contributed by atoms with van der Waals surface area (Å²) in [4.78, 5) is 32.6. The number of alkyl halides is 3. The number of hydrogen-bond acceptors (Lipinski definition) is 4. The van der Waals surface area contributed by atoms with Gasteiger partial charge in [0.05, 0.1) is 30.1 Å². The third-order valence-electron chi connectivity index (χ3n) is 6.32. The Bertz CT molecular complexity index is 1460. The molecular formula is C27H23F3N4O3. The first-order valence-electron chi connectivity index (χ1n) is 11.6. The van der Waals surface area contributed by atoms with Gasteiger partial charge in [0.25, 0.3) is 5.91 Å². The molecule has 7 nitrogen and oxygen atoms in total. The SMILES string of the molecule is COc1ccc(CCN2C(=O)C(CC(=O)Nc3cccc(C(F)(F)F)c3)n3c2nc2ccccc23)cc1. The topological polar surface area (TPSA) is 76.5 Å². The van der Waals surface area contributed by atoms with Crippen LogP contribution in [-0.2, 0) is 22.2 Å². The summed E-state index contributed by atoms with van der Waals surface area (Å²) in [6, 6.07) is 18.4. The lowest BCUT2D eigenvalue weighted by atomic mass is 10.1. The molecule has 0 bridgehead atoms. The van der Waals surface area contributed by atoms with Gasteiger partial charge in [0.2, 0.25) is 11.9 Å². The van der Waals surface area contributed by atoms with E-state index >= 15 is 0 Å². The summed E-state index contributed by atoms with van der Waals surface area (Å²) in [5, 5.41) is 2.50. The number of nitrogens with one attached hydrogen (secondary N) is 1. The summed E-state index contributed by atoms with van der Waals surface area (Å²) in [5.74, 6) is 0.311. The van der Waals surface area contributed by atoms with Crippen molar-refractivity contribution < 1.29 is 27.5 Å². The number of anilines is 2. The van der Waals surface area contributed by atoms with Crippen molar-refractivity contribution in [3.63, 3.8) is 0 Å². The Kier molecular flexibility index (Phi) is 6.32. The van der Waals surface area contributed by atoms with E-state index in [9.17, 15) is 22.8 Å². The maximum atomic E-state index is 13.5. The van der Waals surface area contributed by atoms with Crippen LogP contribution in [0, 0.1) is 0 Å². The molecule has 4 aromatic rings. The molecule has 37 heavy (non-hydrogen) atoms. The van der Waals surface area contributed by atoms with Gasteiger partial charge in [-0.05, 0) is 54.4 Å². The van der Waals surface area contributed by atoms with Crippen LogP contribution in [0.4, 0.5) is 24.8 Å². The van der Waals surface area contributed by atoms with Gasteiger partial charge < -0.3 is 10.1 Å². The van der Waals surface area contributed by atoms with E-state index in [1.165, 1.54) is 12.1 Å². The van der Waals surface area contributed by atoms with Crippen LogP contribution in [0.25, 0.3) is 11.0 Å². The van der Waals surface area contributed by atoms with Crippen molar-refractivity contribution in [2.24, 2.45) is 0 Å². The number of imidazole rings is 1. The molecule has 0 radical (unpaired) electrons. The first kappa shape index (κ1) is 24.4. The monoisotopic (exact) mass is 508 g/mol. The van der Waals surface area contributed by atoms with Crippen LogP contribution < -0.4 is 15.0 Å². The van der Waals surface area contributed by atoms with Gasteiger partial charge in [-0.25, -0.2) is 4.98 Å². The Morgan fingerprint density at radius 2 is 1.81 bits per heavy atom. The molecule has 0 fully saturated rings. The minimum Gasteiger partial charge on any atom is -0.497 e. The first-order valence-corrected chi connectivity index (χ1v) is 11.6. The third kappa shape index (κ3) is 4.87. The number of benzene rings is 3. The van der Waals surface area contributed by atoms with Gasteiger partial charge in [-0.2, -0.15) is 13.2 Å². The second kappa shape index (κ2) is 9.61. The van der Waals surface area contributed by atoms with E-state index < -0.39 is 23.7 Å². The second-order valence-corrected chi connectivity index (χ2v) is 8.71. The van der Waals surface area contributed by atoms with Gasteiger partial charge >= 0.3 is 6.18 Å². The van der Waals surface area contributed by atoms with Gasteiger partial charge in [0.1, 0.15) is 11.8 Å². The van der Waals surface area contributed by atoms with Crippen molar-refractivity contribution in [3.8, 4) is 5.75 Å². The fourth-order valence-electron chi connectivity index (χ4n) is 4.50. The van der Waals surface area contributed by atoms with Crippen LogP contribution in [0.3, 0.4) is 0 Å². The van der Waals surface area contributed by atoms with Crippen molar-refractivity contribution >= 4 is 34.5 Å². The second-order valence-electron chi connectivity index (χ2n) is 8.71. The smallest absolute Gasteiger partial charge is 0.416 e. The number of hydrogen-bond donors (Lipinski definition) is 1. The van der Waals surface area contributed by atoms with Crippen LogP contribution in [0.5, 0.6) is 5.75 Å². The van der Waals surface area contributed by atoms with E-state index in [2.05, 4.69) is 10.3 Å².